The van der Waals surface area contributed by atoms with Gasteiger partial charge in [-0.1, -0.05) is 19.1 Å². The second-order valence-corrected chi connectivity index (χ2v) is 3.13. The Hall–Kier alpha value is -0.760. The van der Waals surface area contributed by atoms with Gasteiger partial charge in [-0.05, 0) is 18.4 Å². The predicted molar refractivity (Wildman–Crippen MR) is 52.8 cm³/mol. The van der Waals surface area contributed by atoms with Crippen molar-refractivity contribution in [3.8, 4) is 0 Å². The highest BCUT2D eigenvalue weighted by Crippen LogP contribution is 2.25. The van der Waals surface area contributed by atoms with Crippen LogP contribution in [0.4, 0.5) is 0 Å². The first-order chi connectivity index (χ1) is 5.79. The van der Waals surface area contributed by atoms with Crippen LogP contribution in [0.2, 0.25) is 0 Å². The fraction of sp³-hybridized carbons (Fsp3) is 0.600. The van der Waals surface area contributed by atoms with Crippen LogP contribution in [-0.2, 0) is 0 Å². The van der Waals surface area contributed by atoms with Gasteiger partial charge in [-0.3, -0.25) is 0 Å². The summed E-state index contributed by atoms with van der Waals surface area (Å²) in [6, 6.07) is 0. The Morgan fingerprint density at radius 1 is 1.50 bits per heavy atom. The van der Waals surface area contributed by atoms with Gasteiger partial charge < -0.3 is 10.6 Å². The molecule has 1 rings (SSSR count). The molecule has 2 N–H and O–H groups in total. The molecule has 0 aromatic rings. The molecule has 0 aliphatic carbocycles. The van der Waals surface area contributed by atoms with E-state index in [1.54, 1.807) is 0 Å². The van der Waals surface area contributed by atoms with Gasteiger partial charge in [0.25, 0.3) is 0 Å². The van der Waals surface area contributed by atoms with E-state index in [4.69, 9.17) is 5.73 Å². The van der Waals surface area contributed by atoms with Crippen LogP contribution in [0.1, 0.15) is 19.8 Å². The van der Waals surface area contributed by atoms with Crippen LogP contribution in [0.25, 0.3) is 0 Å². The van der Waals surface area contributed by atoms with Crippen molar-refractivity contribution < 1.29 is 0 Å². The minimum absolute atomic E-state index is 0.657. The molecule has 2 heteroatoms. The van der Waals surface area contributed by atoms with Crippen LogP contribution in [0, 0.1) is 0 Å². The number of nitrogens with zero attached hydrogens (tertiary/aromatic N) is 1. The Morgan fingerprint density at radius 3 is 2.83 bits per heavy atom. The van der Waals surface area contributed by atoms with Crippen molar-refractivity contribution >= 4 is 0 Å². The molecule has 0 atom stereocenters. The summed E-state index contributed by atoms with van der Waals surface area (Å²) in [4.78, 5) is 2.30. The van der Waals surface area contributed by atoms with Crippen molar-refractivity contribution in [2.24, 2.45) is 5.73 Å². The van der Waals surface area contributed by atoms with E-state index in [1.807, 2.05) is 0 Å². The third-order valence-corrected chi connectivity index (χ3v) is 2.22. The summed E-state index contributed by atoms with van der Waals surface area (Å²) in [5.41, 5.74) is 8.29. The summed E-state index contributed by atoms with van der Waals surface area (Å²) in [5.74, 6) is 0. The topological polar surface area (TPSA) is 29.3 Å². The molecule has 0 radical (unpaired) electrons. The van der Waals surface area contributed by atoms with Gasteiger partial charge >= 0.3 is 0 Å². The van der Waals surface area contributed by atoms with E-state index in [2.05, 4.69) is 31.0 Å². The number of hydrogen-bond donors (Lipinski definition) is 1. The zero-order valence-corrected chi connectivity index (χ0v) is 8.01. The van der Waals surface area contributed by atoms with Gasteiger partial charge in [-0.25, -0.2) is 0 Å². The highest BCUT2D eigenvalue weighted by molar-refractivity contribution is 5.34. The molecule has 1 fully saturated rings. The Labute approximate surface area is 74.7 Å². The Balaban J connectivity index is 2.77. The molecule has 0 aromatic carbocycles. The number of rotatable bonds is 2. The molecule has 1 saturated heterocycles. The first-order valence-electron chi connectivity index (χ1n) is 4.60. The maximum atomic E-state index is 5.49. The van der Waals surface area contributed by atoms with Crippen LogP contribution < -0.4 is 5.73 Å². The van der Waals surface area contributed by atoms with Gasteiger partial charge in [-0.15, -0.1) is 0 Å². The molecule has 0 bridgehead atoms. The summed E-state index contributed by atoms with van der Waals surface area (Å²) in [6.45, 7) is 3.96. The fourth-order valence-corrected chi connectivity index (χ4v) is 1.61. The lowest BCUT2D eigenvalue weighted by Crippen LogP contribution is -2.10. The van der Waals surface area contributed by atoms with E-state index in [9.17, 15) is 0 Å². The molecular weight excluding hydrogens is 148 g/mol. The molecule has 68 valence electrons. The zero-order chi connectivity index (χ0) is 8.97. The minimum atomic E-state index is 0.657. The molecule has 12 heavy (non-hydrogen) atoms. The number of hydrogen-bond acceptors (Lipinski definition) is 2. The van der Waals surface area contributed by atoms with E-state index < -0.39 is 0 Å². The monoisotopic (exact) mass is 166 g/mol. The van der Waals surface area contributed by atoms with Crippen molar-refractivity contribution in [2.75, 3.05) is 20.1 Å². The molecule has 0 unspecified atom stereocenters. The highest BCUT2D eigenvalue weighted by atomic mass is 15.1. The molecule has 1 aliphatic rings. The van der Waals surface area contributed by atoms with Gasteiger partial charge in [-0.2, -0.15) is 0 Å². The molecule has 0 saturated carbocycles. The number of allylic oxidation sites excluding steroid dienone is 2. The molecule has 0 amide bonds. The van der Waals surface area contributed by atoms with Crippen LogP contribution in [0.3, 0.4) is 0 Å². The lowest BCUT2D eigenvalue weighted by atomic mass is 10.1. The van der Waals surface area contributed by atoms with Crippen LogP contribution in [0.15, 0.2) is 23.4 Å². The predicted octanol–water partition coefficient (Wildman–Crippen LogP) is 1.50. The normalized spacial score (nSPS) is 24.4. The molecule has 2 nitrogen and oxygen atoms in total. The zero-order valence-electron chi connectivity index (χ0n) is 8.01. The second kappa shape index (κ2) is 4.31. The maximum absolute atomic E-state index is 5.49. The largest absolute Gasteiger partial charge is 0.374 e. The molecule has 1 aliphatic heterocycles. The minimum Gasteiger partial charge on any atom is -0.374 e. The van der Waals surface area contributed by atoms with Gasteiger partial charge in [0, 0.05) is 25.8 Å². The highest BCUT2D eigenvalue weighted by Gasteiger charge is 2.16. The van der Waals surface area contributed by atoms with E-state index in [0.717, 1.165) is 19.4 Å². The van der Waals surface area contributed by atoms with Gasteiger partial charge in [0.1, 0.15) is 0 Å². The summed E-state index contributed by atoms with van der Waals surface area (Å²) in [6.07, 6.45) is 6.65. The maximum Gasteiger partial charge on any atom is 0.0353 e. The average Bonchev–Trinajstić information content (AvgIpc) is 2.37. The molecule has 1 heterocycles. The summed E-state index contributed by atoms with van der Waals surface area (Å²) >= 11 is 0. The molecule has 0 spiro atoms. The fourth-order valence-electron chi connectivity index (χ4n) is 1.61. The van der Waals surface area contributed by atoms with Crippen molar-refractivity contribution in [3.05, 3.63) is 23.4 Å². The number of nitrogens with two attached hydrogens (primary N) is 1. The summed E-state index contributed by atoms with van der Waals surface area (Å²) in [7, 11) is 2.14. The Bertz CT molecular complexity index is 204. The quantitative estimate of drug-likeness (QED) is 0.673. The van der Waals surface area contributed by atoms with Crippen molar-refractivity contribution in [1.29, 1.82) is 0 Å². The standard InChI is InChI=1S/C10H18N2/c1-3-4-10-9(5-7-11)6-8-12(10)2/h4-5H,3,6-8,11H2,1-2H3/b9-5-,10-4+. The SMILES string of the molecule is CC/C=C1\C(=C/CN)CCN1C. The van der Waals surface area contributed by atoms with Crippen molar-refractivity contribution in [2.45, 2.75) is 19.8 Å². The second-order valence-electron chi connectivity index (χ2n) is 3.13. The van der Waals surface area contributed by atoms with E-state index in [1.165, 1.54) is 11.3 Å². The smallest absolute Gasteiger partial charge is 0.0353 e. The first kappa shape index (κ1) is 9.33. The van der Waals surface area contributed by atoms with E-state index >= 15 is 0 Å². The van der Waals surface area contributed by atoms with Crippen LogP contribution in [0.5, 0.6) is 0 Å². The first-order valence-corrected chi connectivity index (χ1v) is 4.60. The van der Waals surface area contributed by atoms with Gasteiger partial charge in [0.05, 0.1) is 0 Å². The third kappa shape index (κ3) is 1.89. The van der Waals surface area contributed by atoms with E-state index in [0.29, 0.717) is 6.54 Å². The Morgan fingerprint density at radius 2 is 2.25 bits per heavy atom. The van der Waals surface area contributed by atoms with Crippen molar-refractivity contribution in [1.82, 2.24) is 4.90 Å². The van der Waals surface area contributed by atoms with Gasteiger partial charge in [0.15, 0.2) is 0 Å². The summed E-state index contributed by atoms with van der Waals surface area (Å²) < 4.78 is 0. The lowest BCUT2D eigenvalue weighted by Gasteiger charge is -2.12. The number of likely N-dealkylation sites (tertiary alicyclic amines) is 1. The molecule has 0 aromatic heterocycles. The van der Waals surface area contributed by atoms with Crippen molar-refractivity contribution in [3.63, 3.8) is 0 Å². The Kier molecular flexibility index (Phi) is 3.35. The average molecular weight is 166 g/mol. The number of likely N-dealkylation sites (N-methyl/N-ethyl adjacent to an activating group) is 1. The van der Waals surface area contributed by atoms with Gasteiger partial charge in [0.2, 0.25) is 0 Å². The van der Waals surface area contributed by atoms with Crippen LogP contribution in [-0.4, -0.2) is 25.0 Å². The third-order valence-electron chi connectivity index (χ3n) is 2.22. The van der Waals surface area contributed by atoms with E-state index in [-0.39, 0.29) is 0 Å². The van der Waals surface area contributed by atoms with Crippen LogP contribution >= 0.6 is 0 Å². The lowest BCUT2D eigenvalue weighted by molar-refractivity contribution is 0.480. The summed E-state index contributed by atoms with van der Waals surface area (Å²) in [5, 5.41) is 0. The molecular formula is C10H18N2.